The van der Waals surface area contributed by atoms with E-state index in [0.29, 0.717) is 17.5 Å². The van der Waals surface area contributed by atoms with E-state index in [9.17, 15) is 0 Å². The Bertz CT molecular complexity index is 10100. The molecule has 30 rings (SSSR count). The summed E-state index contributed by atoms with van der Waals surface area (Å²) in [6.45, 7) is 0. The summed E-state index contributed by atoms with van der Waals surface area (Å²) >= 11 is 0. The van der Waals surface area contributed by atoms with Crippen LogP contribution in [0.4, 0.5) is 0 Å². The molecule has 0 aliphatic carbocycles. The van der Waals surface area contributed by atoms with Gasteiger partial charge in [0.2, 0.25) is 0 Å². The summed E-state index contributed by atoms with van der Waals surface area (Å²) in [5.41, 5.74) is 28.3. The van der Waals surface area contributed by atoms with Crippen molar-refractivity contribution in [3.63, 3.8) is 0 Å². The first-order valence-electron chi connectivity index (χ1n) is 49.8. The van der Waals surface area contributed by atoms with Crippen molar-refractivity contribution in [2.24, 2.45) is 0 Å². The van der Waals surface area contributed by atoms with Gasteiger partial charge in [0.05, 0.1) is 66.2 Å². The molecular weight excluding hydrogens is 1790 g/mol. The number of para-hydroxylation sites is 11. The highest BCUT2D eigenvalue weighted by atomic mass is 28.3. The minimum Gasteiger partial charge on any atom is -0.456 e. The number of nitrogens with zero attached hydrogens (tertiary/aromatic N) is 9. The lowest BCUT2D eigenvalue weighted by Gasteiger charge is -2.34. The van der Waals surface area contributed by atoms with E-state index in [4.69, 9.17) is 19.4 Å². The summed E-state index contributed by atoms with van der Waals surface area (Å²) in [6, 6.07) is 194. The van der Waals surface area contributed by atoms with Gasteiger partial charge in [-0.05, 0) is 190 Å². The second-order valence-corrected chi connectivity index (χ2v) is 41.4. The zero-order valence-corrected chi connectivity index (χ0v) is 80.3. The first-order chi connectivity index (χ1) is 72.4. The Balaban J connectivity index is 0.000000106. The third-order valence-electron chi connectivity index (χ3n) is 29.5. The van der Waals surface area contributed by atoms with Gasteiger partial charge in [0.15, 0.2) is 25.5 Å². The molecule has 0 bridgehead atoms. The van der Waals surface area contributed by atoms with Crippen molar-refractivity contribution >= 4 is 182 Å². The van der Waals surface area contributed by atoms with Crippen LogP contribution in [-0.2, 0) is 0 Å². The summed E-state index contributed by atoms with van der Waals surface area (Å²) in [7, 11) is -2.76. The maximum Gasteiger partial charge on any atom is 0.179 e. The summed E-state index contributed by atoms with van der Waals surface area (Å²) < 4.78 is 20.7. The van der Waals surface area contributed by atoms with E-state index in [1.165, 1.54) is 174 Å². The number of hydrogen-bond donors (Lipinski definition) is 0. The number of aromatic nitrogens is 9. The Morgan fingerprint density at radius 2 is 0.411 bits per heavy atom. The van der Waals surface area contributed by atoms with Crippen molar-refractivity contribution in [3.05, 3.63) is 540 Å². The van der Waals surface area contributed by atoms with Gasteiger partial charge in [-0.2, -0.15) is 0 Å². The zero-order chi connectivity index (χ0) is 96.3. The molecule has 0 saturated carbocycles. The molecular formula is C135H89N9OSi. The minimum absolute atomic E-state index is 0.606. The molecule has 0 radical (unpaired) electrons. The van der Waals surface area contributed by atoms with Gasteiger partial charge in [-0.15, -0.1) is 0 Å². The molecule has 11 heteroatoms. The van der Waals surface area contributed by atoms with E-state index in [2.05, 4.69) is 507 Å². The first-order valence-corrected chi connectivity index (χ1v) is 51.8. The maximum absolute atomic E-state index is 6.26. The predicted molar refractivity (Wildman–Crippen MR) is 611 cm³/mol. The lowest BCUT2D eigenvalue weighted by molar-refractivity contribution is 0.669. The number of benzene rings is 22. The van der Waals surface area contributed by atoms with Gasteiger partial charge in [0, 0.05) is 126 Å². The van der Waals surface area contributed by atoms with E-state index in [0.717, 1.165) is 61.4 Å². The van der Waals surface area contributed by atoms with Gasteiger partial charge >= 0.3 is 0 Å². The van der Waals surface area contributed by atoms with Crippen molar-refractivity contribution in [3.8, 4) is 79.4 Å². The topological polar surface area (TPSA) is 81.4 Å². The smallest absolute Gasteiger partial charge is 0.179 e. The Morgan fingerprint density at radius 3 is 0.808 bits per heavy atom. The number of hydrogen-bond acceptors (Lipinski definition) is 4. The van der Waals surface area contributed by atoms with Gasteiger partial charge in [0.1, 0.15) is 11.2 Å². The van der Waals surface area contributed by atoms with Gasteiger partial charge in [-0.25, -0.2) is 15.0 Å². The van der Waals surface area contributed by atoms with Gasteiger partial charge in [-0.3, -0.25) is 0 Å². The second kappa shape index (κ2) is 35.2. The van der Waals surface area contributed by atoms with E-state index in [-0.39, 0.29) is 0 Å². The van der Waals surface area contributed by atoms with Crippen LogP contribution in [0.25, 0.3) is 232 Å². The molecule has 0 fully saturated rings. The second-order valence-electron chi connectivity index (χ2n) is 37.6. The number of rotatable bonds is 14. The van der Waals surface area contributed by atoms with E-state index < -0.39 is 8.07 Å². The summed E-state index contributed by atoms with van der Waals surface area (Å²) in [5, 5.41) is 22.4. The summed E-state index contributed by atoms with van der Waals surface area (Å²) in [4.78, 5) is 15.5. The lowest BCUT2D eigenvalue weighted by Crippen LogP contribution is -2.74. The van der Waals surface area contributed by atoms with E-state index >= 15 is 0 Å². The highest BCUT2D eigenvalue weighted by Gasteiger charge is 2.42. The Kier molecular flexibility index (Phi) is 20.4. The van der Waals surface area contributed by atoms with Crippen LogP contribution in [0.1, 0.15) is 0 Å². The van der Waals surface area contributed by atoms with E-state index in [1.54, 1.807) is 0 Å². The number of fused-ring (bicyclic) bond motifs is 21. The Labute approximate surface area is 841 Å². The molecule has 8 aromatic heterocycles. The van der Waals surface area contributed by atoms with Gasteiger partial charge < -0.3 is 31.8 Å². The monoisotopic (exact) mass is 1880 g/mol. The van der Waals surface area contributed by atoms with Crippen LogP contribution in [0.3, 0.4) is 0 Å². The number of furan rings is 1. The first kappa shape index (κ1) is 84.7. The molecule has 0 amide bonds. The van der Waals surface area contributed by atoms with Crippen LogP contribution in [-0.4, -0.2) is 50.4 Å². The van der Waals surface area contributed by atoms with Crippen LogP contribution < -0.4 is 20.7 Å². The molecule has 0 aliphatic heterocycles. The fourth-order valence-electron chi connectivity index (χ4n) is 23.2. The molecule has 0 spiro atoms. The van der Waals surface area contributed by atoms with Crippen LogP contribution in [0, 0.1) is 0 Å². The normalized spacial score (nSPS) is 11.8. The van der Waals surface area contributed by atoms with Gasteiger partial charge in [0.25, 0.3) is 0 Å². The summed E-state index contributed by atoms with van der Waals surface area (Å²) in [5.74, 6) is 1.85. The molecule has 10 nitrogen and oxygen atoms in total. The fourth-order valence-corrected chi connectivity index (χ4v) is 28.0. The summed E-state index contributed by atoms with van der Waals surface area (Å²) in [6.07, 6.45) is 0. The average Bonchev–Trinajstić information content (AvgIpc) is 1.61. The van der Waals surface area contributed by atoms with Crippen molar-refractivity contribution in [2.45, 2.75) is 0 Å². The molecule has 0 saturated heterocycles. The standard InChI is InChI=1S/C48H31N3.C45H31N3OSi.C42H27N3/c1-2-13-34(14-3-1)49-45-23-10-6-19-39(45)41-29-32(25-27-47(41)49)33-26-28-48-42(30-33)40-20-7-11-24-46(40)51(48)36-16-12-15-35(31-36)50-43-21-8-4-17-37(43)38-18-5-9-22-44(38)50;1-5-17-32(18-6-1)43-46-44(48-45(47-43)39-28-16-30-41-42(39)38-27-13-14-29-40(38)49-41)33-19-15-26-37(31-33)50(34-20-7-2-8-21-34,35-22-9-3-10-23-35)36-24-11-4-12-25-36;1-6-19-37-31(14-1)32-15-2-7-20-38(32)43(37)28-12-11-13-29(26-28)44-41-23-10-5-18-35(41)36-27-30(24-25-42(36)44)45-39-21-8-3-16-33(39)34-17-4-9-22-40(34)45/h1-31H;1-31H;1-27H. The molecule has 8 heterocycles. The molecule has 0 atom stereocenters. The highest BCUT2D eigenvalue weighted by Crippen LogP contribution is 2.45. The fraction of sp³-hybridized carbons (Fsp3) is 0. The largest absolute Gasteiger partial charge is 0.456 e. The molecule has 0 N–H and O–H groups in total. The van der Waals surface area contributed by atoms with Crippen LogP contribution >= 0.6 is 0 Å². The molecule has 22 aromatic carbocycles. The zero-order valence-electron chi connectivity index (χ0n) is 79.3. The van der Waals surface area contributed by atoms with Crippen molar-refractivity contribution in [2.75, 3.05) is 0 Å². The molecule has 146 heavy (non-hydrogen) atoms. The van der Waals surface area contributed by atoms with Crippen molar-refractivity contribution < 1.29 is 4.42 Å². The minimum atomic E-state index is -2.76. The molecule has 0 aliphatic rings. The SMILES string of the molecule is c1cc(-n2c3ccccc3c3ccccc32)cc(-n2c3ccccc3c3cc(-n4c5ccccc5c5ccccc54)ccc32)c1.c1ccc(-c2nc(-c3cccc([Si](c4ccccc4)(c4ccccc4)c4ccccc4)c3)nc(-c3cccc4oc5ccccc5c34)n2)cc1.c1ccc(-n2c3ccccc3c3cc(-c4ccc5c(c4)c4ccccc4n5-c4cccc(-n5c6ccccc6c6ccccc65)c4)ccc32)cc1. The van der Waals surface area contributed by atoms with Gasteiger partial charge in [-0.1, -0.05) is 382 Å². The van der Waals surface area contributed by atoms with Crippen molar-refractivity contribution in [1.29, 1.82) is 0 Å². The Morgan fingerprint density at radius 1 is 0.151 bits per heavy atom. The van der Waals surface area contributed by atoms with Crippen LogP contribution in [0.15, 0.2) is 544 Å². The molecule has 684 valence electrons. The molecule has 30 aromatic rings. The molecule has 0 unspecified atom stereocenters. The maximum atomic E-state index is 6.26. The van der Waals surface area contributed by atoms with E-state index in [1.807, 2.05) is 60.7 Å². The van der Waals surface area contributed by atoms with Crippen LogP contribution in [0.5, 0.6) is 0 Å². The highest BCUT2D eigenvalue weighted by molar-refractivity contribution is 7.20. The quantitative estimate of drug-likeness (QED) is 0.0802. The van der Waals surface area contributed by atoms with Crippen LogP contribution in [0.2, 0.25) is 0 Å². The average molecular weight is 1880 g/mol. The third kappa shape index (κ3) is 14.0. The van der Waals surface area contributed by atoms with Crippen molar-refractivity contribution in [1.82, 2.24) is 42.4 Å². The Hall–Kier alpha value is -19.3. The third-order valence-corrected chi connectivity index (χ3v) is 34.3. The predicted octanol–water partition coefficient (Wildman–Crippen LogP) is 31.8. The lowest BCUT2D eigenvalue weighted by atomic mass is 10.0.